The predicted octanol–water partition coefficient (Wildman–Crippen LogP) is 3.25. The summed E-state index contributed by atoms with van der Waals surface area (Å²) in [5.41, 5.74) is 0. The maximum Gasteiger partial charge on any atom is 0.303 e. The number of Topliss-reactive ketones (excluding diaryl/α,β-unsaturated/α-hetero) is 1. The summed E-state index contributed by atoms with van der Waals surface area (Å²) in [4.78, 5) is 22.6. The molecule has 4 atom stereocenters. The lowest BCUT2D eigenvalue weighted by molar-refractivity contribution is -0.137. The van der Waals surface area contributed by atoms with Gasteiger partial charge >= 0.3 is 5.97 Å². The molecule has 142 valence electrons. The Bertz CT molecular complexity index is 469. The van der Waals surface area contributed by atoms with E-state index in [-0.39, 0.29) is 30.5 Å². The summed E-state index contributed by atoms with van der Waals surface area (Å²) in [5.74, 6) is -1.10. The van der Waals surface area contributed by atoms with Gasteiger partial charge in [-0.15, -0.1) is 0 Å². The summed E-state index contributed by atoms with van der Waals surface area (Å²) in [7, 11) is 0. The largest absolute Gasteiger partial charge is 0.481 e. The van der Waals surface area contributed by atoms with Gasteiger partial charge in [-0.3, -0.25) is 9.59 Å². The molecule has 25 heavy (non-hydrogen) atoms. The summed E-state index contributed by atoms with van der Waals surface area (Å²) < 4.78 is 0. The van der Waals surface area contributed by atoms with Crippen LogP contribution in [0.2, 0.25) is 0 Å². The van der Waals surface area contributed by atoms with Gasteiger partial charge in [0.2, 0.25) is 0 Å². The molecule has 0 aromatic heterocycles. The molecule has 5 heteroatoms. The van der Waals surface area contributed by atoms with Gasteiger partial charge in [0.1, 0.15) is 5.78 Å². The van der Waals surface area contributed by atoms with E-state index in [1.165, 1.54) is 0 Å². The molecule has 1 rings (SSSR count). The van der Waals surface area contributed by atoms with Crippen molar-refractivity contribution in [2.24, 2.45) is 11.8 Å². The number of carbonyl (C=O) groups is 2. The Labute approximate surface area is 150 Å². The number of aliphatic hydroxyl groups is 2. The Morgan fingerprint density at radius 1 is 1.24 bits per heavy atom. The van der Waals surface area contributed by atoms with E-state index in [0.29, 0.717) is 19.3 Å². The second-order valence-corrected chi connectivity index (χ2v) is 6.84. The number of ketones is 1. The quantitative estimate of drug-likeness (QED) is 0.370. The van der Waals surface area contributed by atoms with Crippen LogP contribution in [0.25, 0.3) is 0 Å². The Kier molecular flexibility index (Phi) is 10.3. The number of carboxylic acids is 1. The van der Waals surface area contributed by atoms with Crippen LogP contribution in [-0.4, -0.2) is 39.3 Å². The molecule has 0 bridgehead atoms. The lowest BCUT2D eigenvalue weighted by Crippen LogP contribution is -2.19. The van der Waals surface area contributed by atoms with E-state index < -0.39 is 18.2 Å². The van der Waals surface area contributed by atoms with E-state index in [0.717, 1.165) is 25.7 Å². The average molecular weight is 352 g/mol. The predicted molar refractivity (Wildman–Crippen MR) is 97.1 cm³/mol. The molecule has 0 aliphatic heterocycles. The zero-order valence-electron chi connectivity index (χ0n) is 15.1. The second kappa shape index (κ2) is 12.0. The van der Waals surface area contributed by atoms with Crippen LogP contribution in [0.5, 0.6) is 0 Å². The van der Waals surface area contributed by atoms with Crippen molar-refractivity contribution in [1.29, 1.82) is 0 Å². The molecule has 0 heterocycles. The van der Waals surface area contributed by atoms with Gasteiger partial charge in [0.15, 0.2) is 0 Å². The fourth-order valence-electron chi connectivity index (χ4n) is 3.32. The normalized spacial score (nSPS) is 25.2. The smallest absolute Gasteiger partial charge is 0.303 e. The minimum Gasteiger partial charge on any atom is -0.481 e. The van der Waals surface area contributed by atoms with Gasteiger partial charge < -0.3 is 15.3 Å². The van der Waals surface area contributed by atoms with Gasteiger partial charge in [-0.1, -0.05) is 50.5 Å². The third-order valence-electron chi connectivity index (χ3n) is 4.72. The number of carboxylic acid groups (broad SMARTS) is 1. The molecule has 0 spiro atoms. The summed E-state index contributed by atoms with van der Waals surface area (Å²) in [6.07, 6.45) is 12.0. The topological polar surface area (TPSA) is 94.8 Å². The first-order valence-electron chi connectivity index (χ1n) is 9.39. The number of hydrogen-bond donors (Lipinski definition) is 3. The fraction of sp³-hybridized carbons (Fsp3) is 0.700. The summed E-state index contributed by atoms with van der Waals surface area (Å²) in [5, 5.41) is 28.7. The molecule has 5 nitrogen and oxygen atoms in total. The number of rotatable bonds is 12. The number of allylic oxidation sites excluding steroid dienone is 1. The summed E-state index contributed by atoms with van der Waals surface area (Å²) >= 11 is 0. The van der Waals surface area contributed by atoms with Crippen molar-refractivity contribution in [3.63, 3.8) is 0 Å². The molecule has 0 aromatic carbocycles. The molecule has 1 fully saturated rings. The number of unbranched alkanes of at least 4 members (excludes halogenated alkanes) is 3. The van der Waals surface area contributed by atoms with E-state index in [9.17, 15) is 19.8 Å². The van der Waals surface area contributed by atoms with Gasteiger partial charge in [0, 0.05) is 24.7 Å². The number of hydrogen-bond acceptors (Lipinski definition) is 4. The van der Waals surface area contributed by atoms with Gasteiger partial charge in [-0.2, -0.15) is 0 Å². The van der Waals surface area contributed by atoms with E-state index >= 15 is 0 Å². The van der Waals surface area contributed by atoms with E-state index in [4.69, 9.17) is 5.11 Å². The first kappa shape index (κ1) is 21.6. The summed E-state index contributed by atoms with van der Waals surface area (Å²) in [6, 6.07) is 0. The molecule has 1 aliphatic carbocycles. The molecule has 0 saturated heterocycles. The van der Waals surface area contributed by atoms with Crippen molar-refractivity contribution in [2.75, 3.05) is 0 Å². The standard InChI is InChI=1S/C20H32O5/c1-2-3-6-9-15(21)12-13-17-16(18(22)14-19(17)23)10-7-4-5-8-11-20(24)25/h3,6,12-13,15-17,19,21,23H,2,4-5,7-11,14H2,1H3,(H,24,25)/b6-3-,13-12+/t15-,16+,17+,19-/m0/s1. The van der Waals surface area contributed by atoms with Gasteiger partial charge in [0.05, 0.1) is 12.2 Å². The first-order chi connectivity index (χ1) is 12.0. The third kappa shape index (κ3) is 8.45. The lowest BCUT2D eigenvalue weighted by atomic mass is 9.88. The highest BCUT2D eigenvalue weighted by Gasteiger charge is 2.39. The van der Waals surface area contributed by atoms with E-state index in [1.807, 2.05) is 19.1 Å². The first-order valence-corrected chi connectivity index (χ1v) is 9.39. The molecule has 0 radical (unpaired) electrons. The second-order valence-electron chi connectivity index (χ2n) is 6.84. The highest BCUT2D eigenvalue weighted by molar-refractivity contribution is 5.84. The van der Waals surface area contributed by atoms with Crippen LogP contribution in [0, 0.1) is 11.8 Å². The van der Waals surface area contributed by atoms with Crippen molar-refractivity contribution in [1.82, 2.24) is 0 Å². The molecule has 1 saturated carbocycles. The molecule has 3 N–H and O–H groups in total. The maximum absolute atomic E-state index is 12.1. The van der Waals surface area contributed by atoms with Crippen molar-refractivity contribution in [3.05, 3.63) is 24.3 Å². The summed E-state index contributed by atoms with van der Waals surface area (Å²) in [6.45, 7) is 2.03. The lowest BCUT2D eigenvalue weighted by Gasteiger charge is -2.18. The van der Waals surface area contributed by atoms with Crippen LogP contribution in [0.1, 0.15) is 64.7 Å². The SMILES string of the molecule is CC/C=C\C[C@H](O)/C=C/[C@H]1[C@@H](O)CC(=O)[C@@H]1CCCCCCC(=O)O. The molecule has 0 unspecified atom stereocenters. The van der Waals surface area contributed by atoms with E-state index in [1.54, 1.807) is 12.2 Å². The minimum absolute atomic E-state index is 0.0908. The van der Waals surface area contributed by atoms with Gasteiger partial charge in [-0.05, 0) is 25.7 Å². The minimum atomic E-state index is -0.772. The fourth-order valence-corrected chi connectivity index (χ4v) is 3.32. The van der Waals surface area contributed by atoms with Crippen molar-refractivity contribution < 1.29 is 24.9 Å². The molecule has 0 amide bonds. The van der Waals surface area contributed by atoms with Gasteiger partial charge in [0.25, 0.3) is 0 Å². The van der Waals surface area contributed by atoms with Crippen LogP contribution in [0.15, 0.2) is 24.3 Å². The Morgan fingerprint density at radius 3 is 2.64 bits per heavy atom. The number of aliphatic carboxylic acids is 1. The highest BCUT2D eigenvalue weighted by Crippen LogP contribution is 2.34. The monoisotopic (exact) mass is 352 g/mol. The van der Waals surface area contributed by atoms with Crippen LogP contribution in [0.3, 0.4) is 0 Å². The average Bonchev–Trinajstić information content (AvgIpc) is 2.82. The molecule has 1 aliphatic rings. The zero-order valence-corrected chi connectivity index (χ0v) is 15.1. The molecular weight excluding hydrogens is 320 g/mol. The van der Waals surface area contributed by atoms with Crippen molar-refractivity contribution >= 4 is 11.8 Å². The number of aliphatic hydroxyl groups excluding tert-OH is 2. The van der Waals surface area contributed by atoms with Crippen LogP contribution < -0.4 is 0 Å². The third-order valence-corrected chi connectivity index (χ3v) is 4.72. The van der Waals surface area contributed by atoms with Crippen molar-refractivity contribution in [2.45, 2.75) is 76.9 Å². The Hall–Kier alpha value is -1.46. The van der Waals surface area contributed by atoms with E-state index in [2.05, 4.69) is 0 Å². The highest BCUT2D eigenvalue weighted by atomic mass is 16.4. The maximum atomic E-state index is 12.1. The molecule has 0 aromatic rings. The molecular formula is C20H32O5. The van der Waals surface area contributed by atoms with Crippen LogP contribution in [0.4, 0.5) is 0 Å². The number of carbonyl (C=O) groups excluding carboxylic acids is 1. The Balaban J connectivity index is 2.43. The van der Waals surface area contributed by atoms with Crippen molar-refractivity contribution in [3.8, 4) is 0 Å². The van der Waals surface area contributed by atoms with Crippen LogP contribution in [-0.2, 0) is 9.59 Å². The van der Waals surface area contributed by atoms with Gasteiger partial charge in [-0.25, -0.2) is 0 Å². The zero-order chi connectivity index (χ0) is 18.7. The Morgan fingerprint density at radius 2 is 1.96 bits per heavy atom. The van der Waals surface area contributed by atoms with Crippen LogP contribution >= 0.6 is 0 Å².